The molecule has 2 N–H and O–H groups in total. The van der Waals surface area contributed by atoms with Gasteiger partial charge in [0.15, 0.2) is 9.84 Å². The summed E-state index contributed by atoms with van der Waals surface area (Å²) in [7, 11) is -3.44. The standard InChI is InChI=1S/C17H21N7O2S/c1-12-4-3-7-24(11-12)14-5-6-16(27(2,25)26)15(8-14)19-10-13(9-18)17-20-22-23-21-17/h5-6,8,10,12,19H,3-4,7,11H2,1-2H3,(H,20,21,22,23). The second kappa shape index (κ2) is 7.75. The second-order valence-electron chi connectivity index (χ2n) is 6.70. The molecule has 2 aromatic rings. The van der Waals surface area contributed by atoms with Crippen molar-refractivity contribution in [3.8, 4) is 6.07 Å². The maximum absolute atomic E-state index is 12.2. The molecule has 0 bridgehead atoms. The number of tetrazole rings is 1. The first-order valence-corrected chi connectivity index (χ1v) is 10.5. The van der Waals surface area contributed by atoms with Crippen LogP contribution in [-0.4, -0.2) is 48.4 Å². The van der Waals surface area contributed by atoms with Crippen LogP contribution in [0, 0.1) is 17.2 Å². The molecular formula is C17H21N7O2S. The molecule has 1 fully saturated rings. The number of H-pyrrole nitrogens is 1. The largest absolute Gasteiger partial charge is 0.371 e. The van der Waals surface area contributed by atoms with Crippen LogP contribution in [0.1, 0.15) is 25.6 Å². The summed E-state index contributed by atoms with van der Waals surface area (Å²) in [5, 5.41) is 25.5. The van der Waals surface area contributed by atoms with Gasteiger partial charge in [-0.2, -0.15) is 10.5 Å². The quantitative estimate of drug-likeness (QED) is 0.744. The molecule has 0 amide bonds. The van der Waals surface area contributed by atoms with Crippen molar-refractivity contribution in [1.29, 1.82) is 5.26 Å². The van der Waals surface area contributed by atoms with E-state index < -0.39 is 9.84 Å². The van der Waals surface area contributed by atoms with Gasteiger partial charge < -0.3 is 10.2 Å². The predicted molar refractivity (Wildman–Crippen MR) is 102 cm³/mol. The summed E-state index contributed by atoms with van der Waals surface area (Å²) >= 11 is 0. The highest BCUT2D eigenvalue weighted by Gasteiger charge is 2.20. The molecule has 0 radical (unpaired) electrons. The number of anilines is 2. The molecule has 10 heteroatoms. The SMILES string of the molecule is CC1CCCN(c2ccc(S(C)(=O)=O)c(NC=C(C#N)c3nn[nH]n3)c2)C1. The Morgan fingerprint density at radius 2 is 2.30 bits per heavy atom. The molecule has 1 unspecified atom stereocenters. The zero-order valence-electron chi connectivity index (χ0n) is 15.2. The van der Waals surface area contributed by atoms with Crippen LogP contribution in [0.25, 0.3) is 5.57 Å². The lowest BCUT2D eigenvalue weighted by Gasteiger charge is -2.33. The number of piperidine rings is 1. The van der Waals surface area contributed by atoms with E-state index in [0.29, 0.717) is 11.6 Å². The van der Waals surface area contributed by atoms with Crippen LogP contribution in [0.5, 0.6) is 0 Å². The fraction of sp³-hybridized carbons (Fsp3) is 0.412. The van der Waals surface area contributed by atoms with Gasteiger partial charge in [-0.15, -0.1) is 10.2 Å². The first-order chi connectivity index (χ1) is 12.9. The molecule has 142 valence electrons. The van der Waals surface area contributed by atoms with E-state index in [4.69, 9.17) is 0 Å². The van der Waals surface area contributed by atoms with Crippen LogP contribution < -0.4 is 10.2 Å². The Bertz CT molecular complexity index is 977. The van der Waals surface area contributed by atoms with Crippen LogP contribution in [-0.2, 0) is 9.84 Å². The third kappa shape index (κ3) is 4.43. The van der Waals surface area contributed by atoms with E-state index in [0.717, 1.165) is 31.5 Å². The molecule has 27 heavy (non-hydrogen) atoms. The highest BCUT2D eigenvalue weighted by Crippen LogP contribution is 2.30. The van der Waals surface area contributed by atoms with Gasteiger partial charge >= 0.3 is 0 Å². The minimum Gasteiger partial charge on any atom is -0.371 e. The molecule has 1 aromatic heterocycles. The van der Waals surface area contributed by atoms with E-state index in [9.17, 15) is 13.7 Å². The summed E-state index contributed by atoms with van der Waals surface area (Å²) < 4.78 is 24.3. The Hall–Kier alpha value is -2.93. The summed E-state index contributed by atoms with van der Waals surface area (Å²) in [5.41, 5.74) is 1.49. The number of aromatic amines is 1. The highest BCUT2D eigenvalue weighted by molar-refractivity contribution is 7.90. The van der Waals surface area contributed by atoms with Crippen molar-refractivity contribution in [2.24, 2.45) is 5.92 Å². The summed E-state index contributed by atoms with van der Waals surface area (Å²) in [4.78, 5) is 2.41. The summed E-state index contributed by atoms with van der Waals surface area (Å²) in [5.74, 6) is 0.722. The normalized spacial score (nSPS) is 18.2. The lowest BCUT2D eigenvalue weighted by molar-refractivity contribution is 0.447. The first-order valence-electron chi connectivity index (χ1n) is 8.58. The maximum Gasteiger partial charge on any atom is 0.216 e. The Morgan fingerprint density at radius 1 is 1.48 bits per heavy atom. The summed E-state index contributed by atoms with van der Waals surface area (Å²) in [6, 6.07) is 7.20. The minimum absolute atomic E-state index is 0.131. The highest BCUT2D eigenvalue weighted by atomic mass is 32.2. The molecular weight excluding hydrogens is 366 g/mol. The number of nitrogens with zero attached hydrogens (tertiary/aromatic N) is 5. The monoisotopic (exact) mass is 387 g/mol. The van der Waals surface area contributed by atoms with Gasteiger partial charge in [-0.1, -0.05) is 6.92 Å². The summed E-state index contributed by atoms with van der Waals surface area (Å²) in [6.07, 6.45) is 4.85. The van der Waals surface area contributed by atoms with E-state index in [1.807, 2.05) is 12.1 Å². The van der Waals surface area contributed by atoms with Crippen molar-refractivity contribution in [3.63, 3.8) is 0 Å². The Labute approximate surface area is 158 Å². The van der Waals surface area contributed by atoms with E-state index >= 15 is 0 Å². The number of rotatable bonds is 5. The third-order valence-corrected chi connectivity index (χ3v) is 5.62. The van der Waals surface area contributed by atoms with Crippen LogP contribution >= 0.6 is 0 Å². The number of aromatic nitrogens is 4. The lowest BCUT2D eigenvalue weighted by atomic mass is 10.00. The van der Waals surface area contributed by atoms with Gasteiger partial charge in [-0.25, -0.2) is 8.42 Å². The summed E-state index contributed by atoms with van der Waals surface area (Å²) in [6.45, 7) is 4.08. The van der Waals surface area contributed by atoms with Crippen molar-refractivity contribution < 1.29 is 8.42 Å². The van der Waals surface area contributed by atoms with Gasteiger partial charge in [0.05, 0.1) is 10.6 Å². The van der Waals surface area contributed by atoms with Crippen molar-refractivity contribution in [1.82, 2.24) is 20.6 Å². The molecule has 0 spiro atoms. The molecule has 1 atom stereocenters. The Morgan fingerprint density at radius 3 is 2.93 bits per heavy atom. The van der Waals surface area contributed by atoms with Crippen LogP contribution in [0.2, 0.25) is 0 Å². The van der Waals surface area contributed by atoms with Gasteiger partial charge in [0.25, 0.3) is 0 Å². The average Bonchev–Trinajstić information content (AvgIpc) is 3.16. The number of hydrogen-bond donors (Lipinski definition) is 2. The predicted octanol–water partition coefficient (Wildman–Crippen LogP) is 1.82. The maximum atomic E-state index is 12.2. The molecule has 1 aliphatic rings. The van der Waals surface area contributed by atoms with Gasteiger partial charge in [-0.3, -0.25) is 0 Å². The number of nitrogens with one attached hydrogen (secondary N) is 2. The molecule has 1 saturated heterocycles. The van der Waals surface area contributed by atoms with E-state index in [-0.39, 0.29) is 16.3 Å². The molecule has 0 saturated carbocycles. The molecule has 2 heterocycles. The van der Waals surface area contributed by atoms with Crippen molar-refractivity contribution in [2.45, 2.75) is 24.7 Å². The van der Waals surface area contributed by atoms with Crippen LogP contribution in [0.3, 0.4) is 0 Å². The zero-order chi connectivity index (χ0) is 19.4. The number of hydrogen-bond acceptors (Lipinski definition) is 8. The van der Waals surface area contributed by atoms with Crippen molar-refractivity contribution >= 4 is 26.8 Å². The average molecular weight is 387 g/mol. The van der Waals surface area contributed by atoms with Gasteiger partial charge in [0.1, 0.15) is 11.6 Å². The van der Waals surface area contributed by atoms with E-state index in [1.165, 1.54) is 12.6 Å². The van der Waals surface area contributed by atoms with E-state index in [1.54, 1.807) is 12.1 Å². The number of sulfone groups is 1. The fourth-order valence-electron chi connectivity index (χ4n) is 3.15. The molecule has 0 aliphatic carbocycles. The smallest absolute Gasteiger partial charge is 0.216 e. The lowest BCUT2D eigenvalue weighted by Crippen LogP contribution is -2.34. The zero-order valence-corrected chi connectivity index (χ0v) is 16.0. The van der Waals surface area contributed by atoms with Gasteiger partial charge in [0.2, 0.25) is 5.82 Å². The minimum atomic E-state index is -3.44. The number of nitriles is 1. The van der Waals surface area contributed by atoms with Crippen LogP contribution in [0.15, 0.2) is 29.3 Å². The molecule has 1 aromatic carbocycles. The fourth-order valence-corrected chi connectivity index (χ4v) is 3.98. The first kappa shape index (κ1) is 18.8. The third-order valence-electron chi connectivity index (χ3n) is 4.46. The van der Waals surface area contributed by atoms with Gasteiger partial charge in [0, 0.05) is 31.2 Å². The van der Waals surface area contributed by atoms with Gasteiger partial charge in [-0.05, 0) is 42.2 Å². The Balaban J connectivity index is 1.96. The molecule has 3 rings (SSSR count). The number of benzene rings is 1. The van der Waals surface area contributed by atoms with E-state index in [2.05, 4.69) is 37.8 Å². The van der Waals surface area contributed by atoms with Crippen LogP contribution in [0.4, 0.5) is 11.4 Å². The topological polar surface area (TPSA) is 128 Å². The Kier molecular flexibility index (Phi) is 5.41. The molecule has 1 aliphatic heterocycles. The molecule has 9 nitrogen and oxygen atoms in total. The van der Waals surface area contributed by atoms with Crippen molar-refractivity contribution in [3.05, 3.63) is 30.2 Å². The van der Waals surface area contributed by atoms with Crippen molar-refractivity contribution in [2.75, 3.05) is 29.6 Å². The second-order valence-corrected chi connectivity index (χ2v) is 8.68. The number of allylic oxidation sites excluding steroid dienone is 1.